The van der Waals surface area contributed by atoms with Crippen LogP contribution < -0.4 is 25.3 Å². The van der Waals surface area contributed by atoms with E-state index in [1.54, 1.807) is 32.2 Å². The number of aromatic nitrogens is 2. The van der Waals surface area contributed by atoms with E-state index in [2.05, 4.69) is 20.0 Å². The predicted octanol–water partition coefficient (Wildman–Crippen LogP) is 4.06. The number of halogens is 3. The van der Waals surface area contributed by atoms with Crippen LogP contribution in [0.15, 0.2) is 30.3 Å². The highest BCUT2D eigenvalue weighted by molar-refractivity contribution is 5.91. The molecular formula is C21H23F3N4O4. The van der Waals surface area contributed by atoms with Crippen LogP contribution in [0.3, 0.4) is 0 Å². The van der Waals surface area contributed by atoms with Crippen LogP contribution in [0.1, 0.15) is 11.4 Å². The van der Waals surface area contributed by atoms with Crippen molar-refractivity contribution in [2.75, 3.05) is 38.5 Å². The first-order valence-corrected chi connectivity index (χ1v) is 9.55. The zero-order chi connectivity index (χ0) is 23.3. The maximum atomic E-state index is 12.6. The first kappa shape index (κ1) is 23.2. The molecule has 3 N–H and O–H groups in total. The van der Waals surface area contributed by atoms with Gasteiger partial charge in [-0.1, -0.05) is 0 Å². The summed E-state index contributed by atoms with van der Waals surface area (Å²) in [5, 5.41) is 3.78. The van der Waals surface area contributed by atoms with Crippen LogP contribution in [0.4, 0.5) is 24.7 Å². The molecule has 0 radical (unpaired) electrons. The molecule has 0 fully saturated rings. The second-order valence-corrected chi connectivity index (χ2v) is 6.79. The lowest BCUT2D eigenvalue weighted by atomic mass is 10.1. The number of anilines is 2. The van der Waals surface area contributed by atoms with Crippen LogP contribution in [-0.4, -0.2) is 43.8 Å². The van der Waals surface area contributed by atoms with Crippen molar-refractivity contribution in [1.29, 1.82) is 0 Å². The summed E-state index contributed by atoms with van der Waals surface area (Å²) in [7, 11) is 3.10. The number of fused-ring (bicyclic) bond motifs is 1. The standard InChI is InChI=1S/C21H23F3N4O4/c1-12-27-17-10-18(30-3)19(31-5-4-29-2)9-16(17)20(28-12)26-11-13-6-14(25)8-15(7-13)32-21(22,23)24/h6-10H,4-5,11,25H2,1-3H3,(H,26,27,28). The lowest BCUT2D eigenvalue weighted by molar-refractivity contribution is -0.274. The molecule has 3 rings (SSSR count). The molecule has 0 atom stereocenters. The molecule has 0 bridgehead atoms. The molecule has 2 aromatic carbocycles. The number of hydrogen-bond acceptors (Lipinski definition) is 8. The molecule has 1 heterocycles. The smallest absolute Gasteiger partial charge is 0.493 e. The van der Waals surface area contributed by atoms with Crippen molar-refractivity contribution < 1.29 is 32.1 Å². The Balaban J connectivity index is 1.90. The topological polar surface area (TPSA) is 101 Å². The minimum Gasteiger partial charge on any atom is -0.493 e. The van der Waals surface area contributed by atoms with Crippen molar-refractivity contribution in [3.63, 3.8) is 0 Å². The van der Waals surface area contributed by atoms with Crippen molar-refractivity contribution in [1.82, 2.24) is 9.97 Å². The Morgan fingerprint density at radius 3 is 2.47 bits per heavy atom. The third kappa shape index (κ3) is 6.03. The van der Waals surface area contributed by atoms with Crippen molar-refractivity contribution in [2.45, 2.75) is 19.8 Å². The quantitative estimate of drug-likeness (QED) is 0.370. The van der Waals surface area contributed by atoms with Gasteiger partial charge in [-0.2, -0.15) is 0 Å². The summed E-state index contributed by atoms with van der Waals surface area (Å²) in [5.74, 6) is 1.58. The van der Waals surface area contributed by atoms with E-state index in [4.69, 9.17) is 19.9 Å². The monoisotopic (exact) mass is 452 g/mol. The summed E-state index contributed by atoms with van der Waals surface area (Å²) in [4.78, 5) is 8.86. The van der Waals surface area contributed by atoms with Crippen LogP contribution in [0, 0.1) is 6.92 Å². The van der Waals surface area contributed by atoms with Crippen molar-refractivity contribution in [3.05, 3.63) is 41.7 Å². The fraction of sp³-hybridized carbons (Fsp3) is 0.333. The average Bonchev–Trinajstić information content (AvgIpc) is 2.70. The number of ether oxygens (including phenoxy) is 4. The zero-order valence-electron chi connectivity index (χ0n) is 17.7. The van der Waals surface area contributed by atoms with Gasteiger partial charge in [0.15, 0.2) is 11.5 Å². The van der Waals surface area contributed by atoms with Crippen molar-refractivity contribution in [3.8, 4) is 17.2 Å². The summed E-state index contributed by atoms with van der Waals surface area (Å²) in [6.07, 6.45) is -4.81. The summed E-state index contributed by atoms with van der Waals surface area (Å²) in [6, 6.07) is 7.39. The fourth-order valence-corrected chi connectivity index (χ4v) is 3.06. The maximum absolute atomic E-state index is 12.6. The molecule has 8 nitrogen and oxygen atoms in total. The van der Waals surface area contributed by atoms with E-state index in [0.717, 1.165) is 6.07 Å². The van der Waals surface area contributed by atoms with Crippen molar-refractivity contribution >= 4 is 22.4 Å². The number of nitrogens with one attached hydrogen (secondary N) is 1. The Bertz CT molecular complexity index is 1090. The van der Waals surface area contributed by atoms with Gasteiger partial charge in [0.25, 0.3) is 0 Å². The number of nitrogens with two attached hydrogens (primary N) is 1. The van der Waals surface area contributed by atoms with Crippen LogP contribution in [0.2, 0.25) is 0 Å². The first-order chi connectivity index (χ1) is 15.2. The molecule has 0 saturated carbocycles. The van der Waals surface area contributed by atoms with Gasteiger partial charge < -0.3 is 30.0 Å². The molecule has 32 heavy (non-hydrogen) atoms. The molecule has 0 unspecified atom stereocenters. The summed E-state index contributed by atoms with van der Waals surface area (Å²) >= 11 is 0. The molecule has 11 heteroatoms. The second-order valence-electron chi connectivity index (χ2n) is 6.79. The average molecular weight is 452 g/mol. The highest BCUT2D eigenvalue weighted by Gasteiger charge is 2.31. The minimum atomic E-state index is -4.81. The number of nitrogens with zero attached hydrogens (tertiary/aromatic N) is 2. The van der Waals surface area contributed by atoms with Crippen LogP contribution in [0.5, 0.6) is 17.2 Å². The Morgan fingerprint density at radius 1 is 1.00 bits per heavy atom. The second kappa shape index (κ2) is 9.77. The number of methoxy groups -OCH3 is 2. The lowest BCUT2D eigenvalue weighted by Gasteiger charge is -2.15. The predicted molar refractivity (Wildman–Crippen MR) is 113 cm³/mol. The number of aryl methyl sites for hydroxylation is 1. The summed E-state index contributed by atoms with van der Waals surface area (Å²) in [5.41, 5.74) is 6.97. The van der Waals surface area contributed by atoms with Gasteiger partial charge in [0.05, 0.1) is 19.2 Å². The largest absolute Gasteiger partial charge is 0.573 e. The number of rotatable bonds is 9. The van der Waals surface area contributed by atoms with Gasteiger partial charge in [0.2, 0.25) is 0 Å². The number of alkyl halides is 3. The first-order valence-electron chi connectivity index (χ1n) is 9.55. The fourth-order valence-electron chi connectivity index (χ4n) is 3.06. The molecular weight excluding hydrogens is 429 g/mol. The summed E-state index contributed by atoms with van der Waals surface area (Å²) in [6.45, 7) is 2.60. The molecule has 0 aliphatic carbocycles. The number of nitrogen functional groups attached to an aromatic ring is 1. The van der Waals surface area contributed by atoms with E-state index in [0.29, 0.717) is 52.8 Å². The molecule has 172 valence electrons. The zero-order valence-corrected chi connectivity index (χ0v) is 17.7. The van der Waals surface area contributed by atoms with Gasteiger partial charge in [-0.25, -0.2) is 9.97 Å². The van der Waals surface area contributed by atoms with Crippen LogP contribution in [0.25, 0.3) is 10.9 Å². The minimum absolute atomic E-state index is 0.144. The normalized spacial score (nSPS) is 11.4. The van der Waals surface area contributed by atoms with Crippen LogP contribution in [-0.2, 0) is 11.3 Å². The maximum Gasteiger partial charge on any atom is 0.573 e. The molecule has 0 aliphatic rings. The van der Waals surface area contributed by atoms with E-state index in [9.17, 15) is 13.2 Å². The Kier molecular flexibility index (Phi) is 7.08. The van der Waals surface area contributed by atoms with E-state index < -0.39 is 12.1 Å². The van der Waals surface area contributed by atoms with E-state index >= 15 is 0 Å². The van der Waals surface area contributed by atoms with Crippen LogP contribution >= 0.6 is 0 Å². The molecule has 0 amide bonds. The van der Waals surface area contributed by atoms with Gasteiger partial charge >= 0.3 is 6.36 Å². The van der Waals surface area contributed by atoms with Crippen molar-refractivity contribution in [2.24, 2.45) is 0 Å². The van der Waals surface area contributed by atoms with E-state index in [1.807, 2.05) is 0 Å². The molecule has 0 aliphatic heterocycles. The SMILES string of the molecule is COCCOc1cc2c(NCc3cc(N)cc(OC(F)(F)F)c3)nc(C)nc2cc1OC. The Hall–Kier alpha value is -3.47. The lowest BCUT2D eigenvalue weighted by Crippen LogP contribution is -2.17. The number of hydrogen-bond donors (Lipinski definition) is 2. The molecule has 1 aromatic heterocycles. The van der Waals surface area contributed by atoms with Gasteiger partial charge in [-0.15, -0.1) is 13.2 Å². The highest BCUT2D eigenvalue weighted by atomic mass is 19.4. The third-order valence-electron chi connectivity index (χ3n) is 4.32. The third-order valence-corrected chi connectivity index (χ3v) is 4.32. The Morgan fingerprint density at radius 2 is 1.78 bits per heavy atom. The molecule has 0 spiro atoms. The Labute approximate surface area is 182 Å². The van der Waals surface area contributed by atoms with Gasteiger partial charge in [-0.3, -0.25) is 0 Å². The summed E-state index contributed by atoms with van der Waals surface area (Å²) < 4.78 is 57.8. The number of benzene rings is 2. The molecule has 3 aromatic rings. The van der Waals surface area contributed by atoms with Gasteiger partial charge in [0, 0.05) is 36.9 Å². The molecule has 0 saturated heterocycles. The van der Waals surface area contributed by atoms with Gasteiger partial charge in [0.1, 0.15) is 24.0 Å². The van der Waals surface area contributed by atoms with E-state index in [-0.39, 0.29) is 12.2 Å². The van der Waals surface area contributed by atoms with E-state index in [1.165, 1.54) is 13.2 Å². The highest BCUT2D eigenvalue weighted by Crippen LogP contribution is 2.34. The van der Waals surface area contributed by atoms with Gasteiger partial charge in [-0.05, 0) is 30.7 Å².